The summed E-state index contributed by atoms with van der Waals surface area (Å²) < 4.78 is 33.6. The predicted molar refractivity (Wildman–Crippen MR) is 167 cm³/mol. The Morgan fingerprint density at radius 1 is 0.977 bits per heavy atom. The number of hydrogen-bond donors (Lipinski definition) is 3. The van der Waals surface area contributed by atoms with E-state index in [1.54, 1.807) is 24.0 Å². The molecule has 0 heterocycles. The smallest absolute Gasteiger partial charge is 0.338 e. The third-order valence-corrected chi connectivity index (χ3v) is 6.88. The van der Waals surface area contributed by atoms with Crippen LogP contribution in [-0.2, 0) is 17.7 Å². The van der Waals surface area contributed by atoms with Crippen LogP contribution in [0.4, 0.5) is 8.78 Å². The lowest BCUT2D eigenvalue weighted by molar-refractivity contribution is 0.0238. The average Bonchev–Trinajstić information content (AvgIpc) is 2.98. The van der Waals surface area contributed by atoms with E-state index < -0.39 is 29.7 Å². The van der Waals surface area contributed by atoms with E-state index in [1.165, 1.54) is 18.2 Å². The second kappa shape index (κ2) is 17.3. The monoisotopic (exact) mass is 605 g/mol. The van der Waals surface area contributed by atoms with E-state index in [0.29, 0.717) is 30.8 Å². The molecule has 9 heteroatoms. The van der Waals surface area contributed by atoms with Crippen molar-refractivity contribution in [3.8, 4) is 11.8 Å². The van der Waals surface area contributed by atoms with E-state index in [9.17, 15) is 18.4 Å². The van der Waals surface area contributed by atoms with Crippen LogP contribution in [0.5, 0.6) is 0 Å². The molecule has 3 rings (SSSR count). The molecule has 234 valence electrons. The van der Waals surface area contributed by atoms with Gasteiger partial charge < -0.3 is 25.8 Å². The predicted octanol–water partition coefficient (Wildman–Crippen LogP) is 4.76. The van der Waals surface area contributed by atoms with Gasteiger partial charge in [0.2, 0.25) is 0 Å². The highest BCUT2D eigenvalue weighted by Gasteiger charge is 2.25. The van der Waals surface area contributed by atoms with Crippen LogP contribution < -0.4 is 11.1 Å². The van der Waals surface area contributed by atoms with Gasteiger partial charge in [-0.1, -0.05) is 37.8 Å². The Kier molecular flexibility index (Phi) is 13.5. The highest BCUT2D eigenvalue weighted by molar-refractivity contribution is 5.98. The van der Waals surface area contributed by atoms with E-state index in [0.717, 1.165) is 35.6 Å². The highest BCUT2D eigenvalue weighted by Crippen LogP contribution is 2.17. The van der Waals surface area contributed by atoms with Gasteiger partial charge in [-0.05, 0) is 85.3 Å². The van der Waals surface area contributed by atoms with Crippen LogP contribution in [-0.4, -0.2) is 60.3 Å². The van der Waals surface area contributed by atoms with Crippen molar-refractivity contribution in [1.82, 2.24) is 10.2 Å². The third-order valence-electron chi connectivity index (χ3n) is 6.88. The number of ether oxygens (including phenoxy) is 1. The summed E-state index contributed by atoms with van der Waals surface area (Å²) in [7, 11) is 0. The number of carbonyl (C=O) groups excluding carboxylic acids is 2. The molecule has 0 saturated carbocycles. The quantitative estimate of drug-likeness (QED) is 0.181. The van der Waals surface area contributed by atoms with Crippen molar-refractivity contribution in [1.29, 1.82) is 0 Å². The minimum absolute atomic E-state index is 0.0566. The molecule has 0 bridgehead atoms. The summed E-state index contributed by atoms with van der Waals surface area (Å²) >= 11 is 0. The van der Waals surface area contributed by atoms with E-state index in [-0.39, 0.29) is 31.0 Å². The Labute approximate surface area is 258 Å². The number of esters is 1. The molecule has 3 aromatic rings. The van der Waals surface area contributed by atoms with Crippen molar-refractivity contribution in [2.45, 2.75) is 58.7 Å². The summed E-state index contributed by atoms with van der Waals surface area (Å²) in [4.78, 5) is 28.5. The van der Waals surface area contributed by atoms with Crippen LogP contribution >= 0.6 is 0 Å². The fraction of sp³-hybridized carbons (Fsp3) is 0.371. The molecule has 2 atom stereocenters. The van der Waals surface area contributed by atoms with Crippen molar-refractivity contribution >= 4 is 11.9 Å². The van der Waals surface area contributed by atoms with E-state index in [1.807, 2.05) is 38.1 Å². The summed E-state index contributed by atoms with van der Waals surface area (Å²) in [5, 5.41) is 12.2. The zero-order valence-corrected chi connectivity index (χ0v) is 25.5. The van der Waals surface area contributed by atoms with Crippen LogP contribution in [0.15, 0.2) is 60.7 Å². The second-order valence-corrected chi connectivity index (χ2v) is 10.8. The van der Waals surface area contributed by atoms with Gasteiger partial charge in [0.25, 0.3) is 5.91 Å². The molecule has 4 N–H and O–H groups in total. The van der Waals surface area contributed by atoms with Crippen molar-refractivity contribution in [2.75, 3.05) is 26.2 Å². The molecule has 7 nitrogen and oxygen atoms in total. The molecule has 0 aromatic heterocycles. The normalized spacial score (nSPS) is 12.2. The Morgan fingerprint density at radius 3 is 2.32 bits per heavy atom. The van der Waals surface area contributed by atoms with E-state index in [4.69, 9.17) is 15.6 Å². The van der Waals surface area contributed by atoms with Crippen LogP contribution in [0, 0.1) is 30.4 Å². The molecule has 0 aliphatic heterocycles. The first-order chi connectivity index (χ1) is 21.1. The first-order valence-corrected chi connectivity index (χ1v) is 14.8. The van der Waals surface area contributed by atoms with Crippen LogP contribution in [0.25, 0.3) is 0 Å². The molecule has 0 spiro atoms. The van der Waals surface area contributed by atoms with Gasteiger partial charge >= 0.3 is 5.97 Å². The molecule has 0 aliphatic rings. The number of carbonyl (C=O) groups is 2. The van der Waals surface area contributed by atoms with Crippen molar-refractivity contribution in [3.63, 3.8) is 0 Å². The Balaban J connectivity index is 1.81. The first-order valence-electron chi connectivity index (χ1n) is 14.8. The number of aliphatic hydroxyl groups is 1. The number of aryl methyl sites for hydroxylation is 1. The van der Waals surface area contributed by atoms with E-state index in [2.05, 4.69) is 17.2 Å². The number of nitrogens with two attached hydrogens (primary N) is 1. The lowest BCUT2D eigenvalue weighted by Gasteiger charge is -2.25. The van der Waals surface area contributed by atoms with Gasteiger partial charge in [-0.25, -0.2) is 13.6 Å². The summed E-state index contributed by atoms with van der Waals surface area (Å²) in [6.45, 7) is 7.35. The van der Waals surface area contributed by atoms with Crippen LogP contribution in [0.1, 0.15) is 69.7 Å². The van der Waals surface area contributed by atoms with Gasteiger partial charge in [0.1, 0.15) is 24.3 Å². The molecule has 0 saturated heterocycles. The molecule has 3 aromatic carbocycles. The second-order valence-electron chi connectivity index (χ2n) is 10.8. The lowest BCUT2D eigenvalue weighted by Crippen LogP contribution is -2.46. The van der Waals surface area contributed by atoms with Gasteiger partial charge in [-0.3, -0.25) is 4.79 Å². The number of benzene rings is 3. The Morgan fingerprint density at radius 2 is 1.66 bits per heavy atom. The summed E-state index contributed by atoms with van der Waals surface area (Å²) in [5.74, 6) is 3.23. The third kappa shape index (κ3) is 10.6. The van der Waals surface area contributed by atoms with Crippen molar-refractivity contribution in [3.05, 3.63) is 106 Å². The molecule has 0 fully saturated rings. The number of rotatable bonds is 14. The number of nitrogens with one attached hydrogen (secondary N) is 1. The molecule has 44 heavy (non-hydrogen) atoms. The molecule has 0 radical (unpaired) electrons. The zero-order valence-electron chi connectivity index (χ0n) is 25.5. The average molecular weight is 606 g/mol. The van der Waals surface area contributed by atoms with Crippen molar-refractivity contribution in [2.24, 2.45) is 5.73 Å². The van der Waals surface area contributed by atoms with Gasteiger partial charge in [-0.2, -0.15) is 0 Å². The van der Waals surface area contributed by atoms with Gasteiger partial charge in [-0.15, -0.1) is 0 Å². The standard InChI is InChI=1S/C35H41F2N3O4/c1-4-11-40(12-5-2)34(42)28-14-24(3)15-29(20-28)35(43)44-33(32(38)19-27-17-30(36)21-31(37)18-27)23-39-22-26-9-6-8-25(16-26)10-7-13-41/h6,8-9,14-18,20-21,32-33,39,41H,4-5,11-13,19,22-23,38H2,1-3H3/t32-,33+/m0/s1. The molecule has 0 unspecified atom stereocenters. The molecule has 0 aliphatic carbocycles. The largest absolute Gasteiger partial charge is 0.456 e. The Bertz CT molecular complexity index is 1460. The number of amides is 1. The van der Waals surface area contributed by atoms with Crippen LogP contribution in [0.2, 0.25) is 0 Å². The number of hydrogen-bond acceptors (Lipinski definition) is 6. The minimum atomic E-state index is -0.873. The maximum Gasteiger partial charge on any atom is 0.338 e. The fourth-order valence-corrected chi connectivity index (χ4v) is 4.94. The van der Waals surface area contributed by atoms with Crippen molar-refractivity contribution < 1.29 is 28.2 Å². The summed E-state index contributed by atoms with van der Waals surface area (Å²) in [5.41, 5.74) is 9.82. The minimum Gasteiger partial charge on any atom is -0.456 e. The van der Waals surface area contributed by atoms with Crippen LogP contribution in [0.3, 0.4) is 0 Å². The fourth-order valence-electron chi connectivity index (χ4n) is 4.94. The molecular weight excluding hydrogens is 564 g/mol. The lowest BCUT2D eigenvalue weighted by atomic mass is 10.0. The molecular formula is C35H41F2N3O4. The zero-order chi connectivity index (χ0) is 32.1. The maximum absolute atomic E-state index is 13.9. The number of nitrogens with zero attached hydrogens (tertiary/aromatic N) is 1. The van der Waals surface area contributed by atoms with Gasteiger partial charge in [0.05, 0.1) is 5.56 Å². The Hall–Kier alpha value is -4.10. The maximum atomic E-state index is 13.9. The highest BCUT2D eigenvalue weighted by atomic mass is 19.1. The van der Waals surface area contributed by atoms with E-state index >= 15 is 0 Å². The van der Waals surface area contributed by atoms with Gasteiger partial charge in [0, 0.05) is 49.4 Å². The summed E-state index contributed by atoms with van der Waals surface area (Å²) in [6, 6.07) is 14.8. The SMILES string of the molecule is CCCN(CCC)C(=O)c1cc(C)cc(C(=O)O[C@H](CNCc2cccc(C#CCO)c2)[C@@H](N)Cc2cc(F)cc(F)c2)c1. The topological polar surface area (TPSA) is 105 Å². The van der Waals surface area contributed by atoms with Gasteiger partial charge in [0.15, 0.2) is 0 Å². The first kappa shape index (κ1) is 34.4. The number of halogens is 2. The summed E-state index contributed by atoms with van der Waals surface area (Å²) in [6.07, 6.45) is 0.812. The molecule has 1 amide bonds. The number of aliphatic hydroxyl groups excluding tert-OH is 1.